The van der Waals surface area contributed by atoms with Crippen LogP contribution < -0.4 is 5.32 Å². The summed E-state index contributed by atoms with van der Waals surface area (Å²) in [4.78, 5) is 24.2. The van der Waals surface area contributed by atoms with Gasteiger partial charge in [0.05, 0.1) is 18.2 Å². The second-order valence-electron chi connectivity index (χ2n) is 4.98. The van der Waals surface area contributed by atoms with E-state index in [-0.39, 0.29) is 25.1 Å². The largest absolute Gasteiger partial charge is 0.462 e. The third kappa shape index (κ3) is 5.06. The Morgan fingerprint density at radius 2 is 2.04 bits per heavy atom. The molecule has 2 rings (SSSR count). The monoisotopic (exact) mass is 367 g/mol. The van der Waals surface area contributed by atoms with E-state index in [2.05, 4.69) is 5.32 Å². The Hall–Kier alpha value is -1.89. The van der Waals surface area contributed by atoms with Crippen LogP contribution in [0.5, 0.6) is 0 Å². The molecule has 0 saturated carbocycles. The highest BCUT2D eigenvalue weighted by Crippen LogP contribution is 2.27. The van der Waals surface area contributed by atoms with Crippen molar-refractivity contribution in [1.29, 1.82) is 0 Å². The maximum absolute atomic E-state index is 11.9. The number of halogens is 1. The molecule has 2 aromatic rings. The van der Waals surface area contributed by atoms with Crippen LogP contribution in [-0.2, 0) is 20.9 Å². The van der Waals surface area contributed by atoms with E-state index in [0.717, 1.165) is 11.1 Å². The number of ether oxygens (including phenoxy) is 2. The van der Waals surface area contributed by atoms with Gasteiger partial charge in [0.25, 0.3) is 5.91 Å². The van der Waals surface area contributed by atoms with E-state index in [1.807, 2.05) is 18.2 Å². The minimum absolute atomic E-state index is 0.100. The van der Waals surface area contributed by atoms with Crippen LogP contribution in [0.2, 0.25) is 5.02 Å². The molecule has 128 valence electrons. The summed E-state index contributed by atoms with van der Waals surface area (Å²) >= 11 is 7.21. The predicted molar refractivity (Wildman–Crippen MR) is 94.8 cm³/mol. The van der Waals surface area contributed by atoms with Gasteiger partial charge in [0.2, 0.25) is 0 Å². The number of hydrogen-bond donors (Lipinski definition) is 1. The van der Waals surface area contributed by atoms with E-state index in [4.69, 9.17) is 21.1 Å². The third-order valence-electron chi connectivity index (χ3n) is 3.09. The summed E-state index contributed by atoms with van der Waals surface area (Å²) < 4.78 is 10.3. The van der Waals surface area contributed by atoms with Crippen molar-refractivity contribution in [2.75, 3.05) is 18.5 Å². The lowest BCUT2D eigenvalue weighted by Crippen LogP contribution is -2.17. The zero-order valence-electron chi connectivity index (χ0n) is 13.4. The topological polar surface area (TPSA) is 64.6 Å². The second-order valence-corrected chi connectivity index (χ2v) is 6.44. The minimum Gasteiger partial charge on any atom is -0.462 e. The van der Waals surface area contributed by atoms with Gasteiger partial charge in [0.15, 0.2) is 0 Å². The van der Waals surface area contributed by atoms with Crippen molar-refractivity contribution in [3.8, 4) is 0 Å². The molecule has 5 nitrogen and oxygen atoms in total. The van der Waals surface area contributed by atoms with Gasteiger partial charge >= 0.3 is 5.97 Å². The number of nitrogens with one attached hydrogen (secondary N) is 1. The number of benzene rings is 1. The van der Waals surface area contributed by atoms with E-state index in [1.54, 1.807) is 26.0 Å². The van der Waals surface area contributed by atoms with Crippen molar-refractivity contribution in [1.82, 2.24) is 0 Å². The lowest BCUT2D eigenvalue weighted by Gasteiger charge is -2.06. The van der Waals surface area contributed by atoms with Gasteiger partial charge in [-0.2, -0.15) is 0 Å². The van der Waals surface area contributed by atoms with Crippen molar-refractivity contribution in [3.05, 3.63) is 51.4 Å². The summed E-state index contributed by atoms with van der Waals surface area (Å²) in [5.74, 6) is -0.672. The number of esters is 1. The van der Waals surface area contributed by atoms with Crippen LogP contribution in [-0.4, -0.2) is 25.1 Å². The summed E-state index contributed by atoms with van der Waals surface area (Å²) in [7, 11) is 0. The first-order valence-corrected chi connectivity index (χ1v) is 8.59. The Morgan fingerprint density at radius 1 is 1.29 bits per heavy atom. The average Bonchev–Trinajstić information content (AvgIpc) is 2.90. The summed E-state index contributed by atoms with van der Waals surface area (Å²) in [5, 5.41) is 3.90. The van der Waals surface area contributed by atoms with Gasteiger partial charge in [-0.25, -0.2) is 4.79 Å². The maximum Gasteiger partial charge on any atom is 0.348 e. The van der Waals surface area contributed by atoms with E-state index in [0.29, 0.717) is 21.5 Å². The van der Waals surface area contributed by atoms with E-state index in [9.17, 15) is 9.59 Å². The fraction of sp³-hybridized carbons (Fsp3) is 0.294. The number of carbonyl (C=O) groups excluding carboxylic acids is 2. The van der Waals surface area contributed by atoms with Gasteiger partial charge < -0.3 is 14.8 Å². The number of thiophene rings is 1. The molecule has 0 unspecified atom stereocenters. The molecule has 1 aromatic heterocycles. The predicted octanol–water partition coefficient (Wildman–Crippen LogP) is 4.04. The number of carbonyl (C=O) groups is 2. The van der Waals surface area contributed by atoms with Gasteiger partial charge in [0, 0.05) is 5.02 Å². The quantitative estimate of drug-likeness (QED) is 0.750. The normalized spacial score (nSPS) is 10.5. The van der Waals surface area contributed by atoms with Crippen LogP contribution in [0.4, 0.5) is 5.00 Å². The van der Waals surface area contributed by atoms with E-state index in [1.165, 1.54) is 11.3 Å². The second kappa shape index (κ2) is 8.82. The minimum atomic E-state index is -0.379. The van der Waals surface area contributed by atoms with Crippen molar-refractivity contribution in [3.63, 3.8) is 0 Å². The van der Waals surface area contributed by atoms with Gasteiger partial charge in [-0.15, -0.1) is 11.3 Å². The Balaban J connectivity index is 1.85. The van der Waals surface area contributed by atoms with Gasteiger partial charge in [0.1, 0.15) is 11.5 Å². The molecule has 0 bridgehead atoms. The van der Waals surface area contributed by atoms with Crippen LogP contribution in [0.1, 0.15) is 27.7 Å². The molecule has 0 aliphatic heterocycles. The summed E-state index contributed by atoms with van der Waals surface area (Å²) in [6, 6.07) is 9.04. The Labute approximate surface area is 149 Å². The van der Waals surface area contributed by atoms with Crippen LogP contribution in [0, 0.1) is 6.92 Å². The Morgan fingerprint density at radius 3 is 2.75 bits per heavy atom. The van der Waals surface area contributed by atoms with E-state index >= 15 is 0 Å². The molecule has 0 aliphatic rings. The fourth-order valence-electron chi connectivity index (χ4n) is 1.99. The number of hydrogen-bond acceptors (Lipinski definition) is 5. The molecule has 1 aromatic carbocycles. The fourth-order valence-corrected chi connectivity index (χ4v) is 3.16. The molecular formula is C17H18ClNO4S. The summed E-state index contributed by atoms with van der Waals surface area (Å²) in [5.41, 5.74) is 1.59. The maximum atomic E-state index is 11.9. The van der Waals surface area contributed by atoms with Gasteiger partial charge in [-0.3, -0.25) is 4.79 Å². The SMILES string of the molecule is CCOC(=O)c1sc(NC(=O)COCc2ccccc2Cl)cc1C. The average molecular weight is 368 g/mol. The Bertz CT molecular complexity index is 729. The highest BCUT2D eigenvalue weighted by Gasteiger charge is 2.15. The zero-order valence-corrected chi connectivity index (χ0v) is 15.0. The number of anilines is 1. The lowest BCUT2D eigenvalue weighted by molar-refractivity contribution is -0.120. The number of rotatable bonds is 7. The molecule has 0 saturated heterocycles. The molecular weight excluding hydrogens is 350 g/mol. The van der Waals surface area contributed by atoms with E-state index < -0.39 is 0 Å². The first-order chi connectivity index (χ1) is 11.5. The smallest absolute Gasteiger partial charge is 0.348 e. The molecule has 0 fully saturated rings. The molecule has 1 amide bonds. The van der Waals surface area contributed by atoms with Crippen molar-refractivity contribution in [2.45, 2.75) is 20.5 Å². The highest BCUT2D eigenvalue weighted by molar-refractivity contribution is 7.18. The molecule has 1 N–H and O–H groups in total. The lowest BCUT2D eigenvalue weighted by atomic mass is 10.2. The summed E-state index contributed by atoms with van der Waals surface area (Å²) in [6.07, 6.45) is 0. The molecule has 0 spiro atoms. The van der Waals surface area contributed by atoms with Gasteiger partial charge in [-0.05, 0) is 37.1 Å². The van der Waals surface area contributed by atoms with Gasteiger partial charge in [-0.1, -0.05) is 29.8 Å². The van der Waals surface area contributed by atoms with Crippen LogP contribution in [0.15, 0.2) is 30.3 Å². The van der Waals surface area contributed by atoms with Crippen molar-refractivity contribution in [2.24, 2.45) is 0 Å². The molecule has 0 aliphatic carbocycles. The Kier molecular flexibility index (Phi) is 6.78. The number of aryl methyl sites for hydroxylation is 1. The van der Waals surface area contributed by atoms with Crippen LogP contribution >= 0.6 is 22.9 Å². The standard InChI is InChI=1S/C17H18ClNO4S/c1-3-23-17(21)16-11(2)8-15(24-16)19-14(20)10-22-9-12-6-4-5-7-13(12)18/h4-8H,3,9-10H2,1-2H3,(H,19,20). The molecule has 1 heterocycles. The van der Waals surface area contributed by atoms with Crippen molar-refractivity contribution >= 4 is 39.8 Å². The molecule has 24 heavy (non-hydrogen) atoms. The molecule has 0 atom stereocenters. The van der Waals surface area contributed by atoms with Crippen molar-refractivity contribution < 1.29 is 19.1 Å². The first-order valence-electron chi connectivity index (χ1n) is 7.39. The van der Waals surface area contributed by atoms with Crippen LogP contribution in [0.25, 0.3) is 0 Å². The number of amides is 1. The zero-order chi connectivity index (χ0) is 17.5. The third-order valence-corrected chi connectivity index (χ3v) is 4.59. The molecule has 7 heteroatoms. The highest BCUT2D eigenvalue weighted by atomic mass is 35.5. The molecule has 0 radical (unpaired) electrons. The van der Waals surface area contributed by atoms with Crippen LogP contribution in [0.3, 0.4) is 0 Å². The summed E-state index contributed by atoms with van der Waals surface area (Å²) in [6.45, 7) is 4.02. The first kappa shape index (κ1) is 18.4.